The average molecular weight is 522 g/mol. The molecule has 36 heavy (non-hydrogen) atoms. The largest absolute Gasteiger partial charge is 0.394 e. The number of nitrogens with zero attached hydrogens (tertiary/aromatic N) is 2. The number of carbonyl (C=O) groups is 3. The van der Waals surface area contributed by atoms with Crippen LogP contribution in [0.2, 0.25) is 0 Å². The van der Waals surface area contributed by atoms with Crippen molar-refractivity contribution in [1.82, 2.24) is 15.4 Å². The van der Waals surface area contributed by atoms with Gasteiger partial charge in [0, 0.05) is 17.7 Å². The number of hydrogen-bond donors (Lipinski definition) is 6. The first kappa shape index (κ1) is 27.8. The van der Waals surface area contributed by atoms with Crippen LogP contribution in [0.15, 0.2) is 53.5 Å². The van der Waals surface area contributed by atoms with Gasteiger partial charge in [-0.1, -0.05) is 12.1 Å². The Morgan fingerprint density at radius 2 is 1.78 bits per heavy atom. The number of benzene rings is 2. The maximum atomic E-state index is 12.4. The molecule has 0 spiro atoms. The summed E-state index contributed by atoms with van der Waals surface area (Å²) in [6, 6.07) is 8.84. The number of amides is 3. The predicted molar refractivity (Wildman–Crippen MR) is 127 cm³/mol. The van der Waals surface area contributed by atoms with Crippen LogP contribution in [-0.2, 0) is 25.4 Å². The first-order valence-corrected chi connectivity index (χ1v) is 11.7. The van der Waals surface area contributed by atoms with Gasteiger partial charge >= 0.3 is 0 Å². The molecule has 192 valence electrons. The summed E-state index contributed by atoms with van der Waals surface area (Å²) in [6.45, 7) is -1.64. The fourth-order valence-corrected chi connectivity index (χ4v) is 4.10. The minimum atomic E-state index is -4.21. The number of carbonyl (C=O) groups excluding carboxylic acids is 3. The Hall–Kier alpha value is -4.41. The van der Waals surface area contributed by atoms with E-state index in [1.807, 2.05) is 10.0 Å². The molecule has 16 heteroatoms. The Kier molecular flexibility index (Phi) is 9.54. The molecule has 0 fully saturated rings. The molecule has 0 unspecified atom stereocenters. The quantitative estimate of drug-likeness (QED) is 0.0850. The number of hydrogen-bond acceptors (Lipinski definition) is 9. The molecule has 0 aromatic heterocycles. The zero-order chi connectivity index (χ0) is 26.9. The summed E-state index contributed by atoms with van der Waals surface area (Å²) in [6.07, 6.45) is 0. The molecule has 8 N–H and O–H groups in total. The molecule has 1 atom stereocenters. The Morgan fingerprint density at radius 1 is 1.11 bits per heavy atom. The number of aliphatic hydroxyl groups is 1. The minimum Gasteiger partial charge on any atom is -0.394 e. The zero-order valence-electron chi connectivity index (χ0n) is 18.6. The van der Waals surface area contributed by atoms with Gasteiger partial charge in [0.15, 0.2) is 5.96 Å². The van der Waals surface area contributed by atoms with Crippen molar-refractivity contribution in [1.29, 1.82) is 0 Å². The smallest absolute Gasteiger partial charge is 0.269 e. The standard InChI is InChI=1S/C20H23N7O8S/c21-20(22)24-14-6-4-13(5-7-14)18(30)25-17(29)9-23-19(31)16(10-28)26-36(34,35)11-12-2-1-3-15(8-12)27(32)33/h1-8,16,26,28H,9-11H2,(H,23,31)(H4,21,22,24)(H,25,29,30)/t16-/m0/s1. The van der Waals surface area contributed by atoms with Crippen molar-refractivity contribution < 1.29 is 32.8 Å². The van der Waals surface area contributed by atoms with E-state index < -0.39 is 57.6 Å². The lowest BCUT2D eigenvalue weighted by atomic mass is 10.2. The molecule has 0 aliphatic heterocycles. The highest BCUT2D eigenvalue weighted by atomic mass is 32.2. The third-order valence-electron chi connectivity index (χ3n) is 4.36. The molecule has 0 aliphatic rings. The van der Waals surface area contributed by atoms with Gasteiger partial charge in [0.2, 0.25) is 21.8 Å². The Bertz CT molecular complexity index is 1280. The van der Waals surface area contributed by atoms with E-state index in [1.165, 1.54) is 42.5 Å². The monoisotopic (exact) mass is 521 g/mol. The van der Waals surface area contributed by atoms with Crippen LogP contribution >= 0.6 is 0 Å². The average Bonchev–Trinajstić information content (AvgIpc) is 2.80. The molecule has 0 saturated heterocycles. The maximum absolute atomic E-state index is 12.4. The lowest BCUT2D eigenvalue weighted by molar-refractivity contribution is -0.384. The lowest BCUT2D eigenvalue weighted by Gasteiger charge is -2.16. The van der Waals surface area contributed by atoms with Gasteiger partial charge in [0.25, 0.3) is 11.6 Å². The van der Waals surface area contributed by atoms with Gasteiger partial charge < -0.3 is 21.9 Å². The molecule has 15 nitrogen and oxygen atoms in total. The fourth-order valence-electron chi connectivity index (χ4n) is 2.78. The number of guanidine groups is 1. The summed E-state index contributed by atoms with van der Waals surface area (Å²) in [5, 5.41) is 24.4. The van der Waals surface area contributed by atoms with Gasteiger partial charge in [-0.2, -0.15) is 0 Å². The molecular weight excluding hydrogens is 498 g/mol. The van der Waals surface area contributed by atoms with Crippen LogP contribution in [0.25, 0.3) is 0 Å². The van der Waals surface area contributed by atoms with E-state index in [1.54, 1.807) is 0 Å². The molecule has 0 aliphatic carbocycles. The van der Waals surface area contributed by atoms with Gasteiger partial charge in [-0.25, -0.2) is 18.1 Å². The first-order chi connectivity index (χ1) is 16.9. The topological polar surface area (TPSA) is 249 Å². The van der Waals surface area contributed by atoms with Crippen molar-refractivity contribution >= 4 is 45.1 Å². The van der Waals surface area contributed by atoms with Crippen LogP contribution in [0.3, 0.4) is 0 Å². The number of nitrogens with one attached hydrogen (secondary N) is 3. The van der Waals surface area contributed by atoms with Crippen molar-refractivity contribution in [3.8, 4) is 0 Å². The predicted octanol–water partition coefficient (Wildman–Crippen LogP) is -1.65. The maximum Gasteiger partial charge on any atom is 0.269 e. The van der Waals surface area contributed by atoms with E-state index in [2.05, 4.69) is 10.3 Å². The van der Waals surface area contributed by atoms with Gasteiger partial charge in [0.1, 0.15) is 6.04 Å². The van der Waals surface area contributed by atoms with E-state index in [9.17, 15) is 38.0 Å². The summed E-state index contributed by atoms with van der Waals surface area (Å²) in [7, 11) is -4.21. The van der Waals surface area contributed by atoms with Gasteiger partial charge in [-0.15, -0.1) is 0 Å². The number of imide groups is 1. The van der Waals surface area contributed by atoms with Crippen molar-refractivity contribution in [3.05, 3.63) is 69.8 Å². The van der Waals surface area contributed by atoms with E-state index in [-0.39, 0.29) is 22.8 Å². The first-order valence-electron chi connectivity index (χ1n) is 10.1. The number of aliphatic hydroxyl groups excluding tert-OH is 1. The van der Waals surface area contributed by atoms with E-state index in [0.717, 1.165) is 6.07 Å². The molecular formula is C20H23N7O8S. The molecule has 0 radical (unpaired) electrons. The third-order valence-corrected chi connectivity index (χ3v) is 5.72. The molecule has 0 heterocycles. The van der Waals surface area contributed by atoms with Crippen LogP contribution in [0.1, 0.15) is 15.9 Å². The number of sulfonamides is 1. The van der Waals surface area contributed by atoms with Crippen LogP contribution in [-0.4, -0.2) is 61.3 Å². The summed E-state index contributed by atoms with van der Waals surface area (Å²) in [4.78, 5) is 50.3. The van der Waals surface area contributed by atoms with Crippen molar-refractivity contribution in [2.45, 2.75) is 11.8 Å². The van der Waals surface area contributed by atoms with Crippen LogP contribution in [0.5, 0.6) is 0 Å². The van der Waals surface area contributed by atoms with E-state index in [0.29, 0.717) is 5.69 Å². The van der Waals surface area contributed by atoms with Gasteiger partial charge in [-0.3, -0.25) is 29.8 Å². The third kappa shape index (κ3) is 8.75. The van der Waals surface area contributed by atoms with Crippen molar-refractivity contribution in [2.24, 2.45) is 16.5 Å². The summed E-state index contributed by atoms with van der Waals surface area (Å²) >= 11 is 0. The number of nitro benzene ring substituents is 1. The van der Waals surface area contributed by atoms with E-state index >= 15 is 0 Å². The van der Waals surface area contributed by atoms with Crippen molar-refractivity contribution in [3.63, 3.8) is 0 Å². The Labute approximate surface area is 204 Å². The Morgan fingerprint density at radius 3 is 2.36 bits per heavy atom. The number of aliphatic imine (C=N–C) groups is 1. The molecule has 2 rings (SSSR count). The minimum absolute atomic E-state index is 0.0815. The van der Waals surface area contributed by atoms with Crippen LogP contribution < -0.4 is 26.8 Å². The number of non-ortho nitro benzene ring substituents is 1. The van der Waals surface area contributed by atoms with Crippen LogP contribution in [0, 0.1) is 10.1 Å². The summed E-state index contributed by atoms with van der Waals surface area (Å²) in [5.41, 5.74) is 10.8. The molecule has 0 bridgehead atoms. The SMILES string of the molecule is NC(N)=Nc1ccc(C(=O)NC(=O)CNC(=O)[C@H](CO)NS(=O)(=O)Cc2cccc([N+](=O)[O-])c2)cc1. The second kappa shape index (κ2) is 12.3. The van der Waals surface area contributed by atoms with Gasteiger partial charge in [0.05, 0.1) is 29.5 Å². The molecule has 2 aromatic rings. The molecule has 0 saturated carbocycles. The highest BCUT2D eigenvalue weighted by molar-refractivity contribution is 7.88. The molecule has 2 aromatic carbocycles. The number of nitrogens with two attached hydrogens (primary N) is 2. The zero-order valence-corrected chi connectivity index (χ0v) is 19.4. The fraction of sp³-hybridized carbons (Fsp3) is 0.200. The second-order valence-electron chi connectivity index (χ2n) is 7.22. The highest BCUT2D eigenvalue weighted by Gasteiger charge is 2.25. The molecule has 3 amide bonds. The normalized spacial score (nSPS) is 11.7. The second-order valence-corrected chi connectivity index (χ2v) is 8.97. The number of rotatable bonds is 11. The van der Waals surface area contributed by atoms with Gasteiger partial charge in [-0.05, 0) is 29.8 Å². The summed E-state index contributed by atoms with van der Waals surface area (Å²) < 4.78 is 26.7. The summed E-state index contributed by atoms with van der Waals surface area (Å²) in [5.74, 6) is -3.59. The van der Waals surface area contributed by atoms with Crippen LogP contribution in [0.4, 0.5) is 11.4 Å². The lowest BCUT2D eigenvalue weighted by Crippen LogP contribution is -2.51. The Balaban J connectivity index is 1.90. The van der Waals surface area contributed by atoms with E-state index in [4.69, 9.17) is 11.5 Å². The van der Waals surface area contributed by atoms with Crippen molar-refractivity contribution in [2.75, 3.05) is 13.2 Å². The number of nitro groups is 1. The highest BCUT2D eigenvalue weighted by Crippen LogP contribution is 2.15.